The van der Waals surface area contributed by atoms with Gasteiger partial charge in [0.25, 0.3) is 5.91 Å². The number of rotatable bonds is 5. The fourth-order valence-electron chi connectivity index (χ4n) is 1.43. The Balaban J connectivity index is 2.47. The molecule has 1 aromatic heterocycles. The molecule has 0 aliphatic carbocycles. The van der Waals surface area contributed by atoms with Gasteiger partial charge in [0.05, 0.1) is 0 Å². The van der Waals surface area contributed by atoms with Crippen LogP contribution in [0.15, 0.2) is 18.3 Å². The number of carboxylic acid groups (broad SMARTS) is 1. The van der Waals surface area contributed by atoms with Crippen LogP contribution in [0.3, 0.4) is 0 Å². The van der Waals surface area contributed by atoms with E-state index in [9.17, 15) is 9.59 Å². The van der Waals surface area contributed by atoms with Crippen LogP contribution in [0.4, 0.5) is 0 Å². The highest BCUT2D eigenvalue weighted by Gasteiger charge is 2.10. The minimum Gasteiger partial charge on any atom is -0.481 e. The summed E-state index contributed by atoms with van der Waals surface area (Å²) in [5, 5.41) is 11.3. The van der Waals surface area contributed by atoms with Gasteiger partial charge in [-0.1, -0.05) is 6.92 Å². The van der Waals surface area contributed by atoms with Gasteiger partial charge in [-0.15, -0.1) is 0 Å². The number of nitrogens with zero attached hydrogens (tertiary/aromatic N) is 1. The monoisotopic (exact) mass is 236 g/mol. The summed E-state index contributed by atoms with van der Waals surface area (Å²) >= 11 is 0. The van der Waals surface area contributed by atoms with Crippen LogP contribution in [-0.4, -0.2) is 28.5 Å². The van der Waals surface area contributed by atoms with E-state index in [-0.39, 0.29) is 18.2 Å². The zero-order chi connectivity index (χ0) is 12.8. The van der Waals surface area contributed by atoms with Gasteiger partial charge in [0.15, 0.2) is 0 Å². The van der Waals surface area contributed by atoms with E-state index in [2.05, 4.69) is 10.3 Å². The first-order valence-electron chi connectivity index (χ1n) is 5.41. The van der Waals surface area contributed by atoms with Crippen LogP contribution in [0.2, 0.25) is 0 Å². The minimum atomic E-state index is -0.855. The van der Waals surface area contributed by atoms with Crippen molar-refractivity contribution < 1.29 is 14.7 Å². The molecule has 1 rings (SSSR count). The van der Waals surface area contributed by atoms with Gasteiger partial charge in [-0.05, 0) is 25.0 Å². The summed E-state index contributed by atoms with van der Waals surface area (Å²) in [6.45, 7) is 3.95. The normalized spacial score (nSPS) is 11.9. The lowest BCUT2D eigenvalue weighted by molar-refractivity contribution is -0.137. The van der Waals surface area contributed by atoms with Crippen LogP contribution < -0.4 is 5.32 Å². The van der Waals surface area contributed by atoms with E-state index in [1.165, 1.54) is 0 Å². The molecule has 17 heavy (non-hydrogen) atoms. The molecule has 92 valence electrons. The van der Waals surface area contributed by atoms with E-state index in [0.29, 0.717) is 12.1 Å². The number of amides is 1. The predicted molar refractivity (Wildman–Crippen MR) is 62.7 cm³/mol. The molecule has 0 radical (unpaired) electrons. The molecule has 0 saturated heterocycles. The van der Waals surface area contributed by atoms with Crippen LogP contribution in [0.1, 0.15) is 29.4 Å². The summed E-state index contributed by atoms with van der Waals surface area (Å²) in [6.07, 6.45) is 1.63. The Morgan fingerprint density at radius 3 is 2.82 bits per heavy atom. The third-order valence-corrected chi connectivity index (χ3v) is 2.29. The van der Waals surface area contributed by atoms with Crippen molar-refractivity contribution >= 4 is 11.9 Å². The van der Waals surface area contributed by atoms with E-state index >= 15 is 0 Å². The highest BCUT2D eigenvalue weighted by atomic mass is 16.4. The smallest absolute Gasteiger partial charge is 0.303 e. The fourth-order valence-corrected chi connectivity index (χ4v) is 1.43. The predicted octanol–water partition coefficient (Wildman–Crippen LogP) is 1.23. The van der Waals surface area contributed by atoms with Gasteiger partial charge in [-0.3, -0.25) is 14.6 Å². The van der Waals surface area contributed by atoms with Gasteiger partial charge in [-0.2, -0.15) is 0 Å². The van der Waals surface area contributed by atoms with E-state index in [4.69, 9.17) is 5.11 Å². The molecule has 5 heteroatoms. The number of aromatic nitrogens is 1. The molecule has 0 aliphatic rings. The first kappa shape index (κ1) is 13.2. The van der Waals surface area contributed by atoms with Gasteiger partial charge in [-0.25, -0.2) is 0 Å². The summed E-state index contributed by atoms with van der Waals surface area (Å²) in [4.78, 5) is 26.1. The van der Waals surface area contributed by atoms with Crippen LogP contribution in [0.5, 0.6) is 0 Å². The van der Waals surface area contributed by atoms with Crippen molar-refractivity contribution in [2.45, 2.75) is 20.3 Å². The van der Waals surface area contributed by atoms with Crippen molar-refractivity contribution in [2.24, 2.45) is 5.92 Å². The van der Waals surface area contributed by atoms with Crippen molar-refractivity contribution in [2.75, 3.05) is 6.54 Å². The lowest BCUT2D eigenvalue weighted by Gasteiger charge is -2.10. The van der Waals surface area contributed by atoms with E-state index in [1.807, 2.05) is 6.92 Å². The van der Waals surface area contributed by atoms with Gasteiger partial charge in [0, 0.05) is 30.4 Å². The van der Waals surface area contributed by atoms with E-state index in [0.717, 1.165) is 5.69 Å². The quantitative estimate of drug-likeness (QED) is 0.805. The first-order chi connectivity index (χ1) is 7.99. The third kappa shape index (κ3) is 4.63. The standard InChI is InChI=1S/C12H16N2O3/c1-8(5-11(15)16)7-14-12(17)10-3-4-13-9(2)6-10/h3-4,6,8H,5,7H2,1-2H3,(H,14,17)(H,15,16). The molecule has 0 spiro atoms. The van der Waals surface area contributed by atoms with Gasteiger partial charge in [0.2, 0.25) is 0 Å². The molecular formula is C12H16N2O3. The highest BCUT2D eigenvalue weighted by molar-refractivity contribution is 5.94. The lowest BCUT2D eigenvalue weighted by Crippen LogP contribution is -2.29. The number of nitrogens with one attached hydrogen (secondary N) is 1. The summed E-state index contributed by atoms with van der Waals surface area (Å²) in [5.74, 6) is -1.14. The average Bonchev–Trinajstić information content (AvgIpc) is 2.25. The molecule has 1 aromatic rings. The summed E-state index contributed by atoms with van der Waals surface area (Å²) in [5.41, 5.74) is 1.32. The largest absolute Gasteiger partial charge is 0.481 e. The fraction of sp³-hybridized carbons (Fsp3) is 0.417. The van der Waals surface area contributed by atoms with Crippen LogP contribution in [-0.2, 0) is 4.79 Å². The topological polar surface area (TPSA) is 79.3 Å². The zero-order valence-electron chi connectivity index (χ0n) is 9.93. The minimum absolute atomic E-state index is 0.0512. The van der Waals surface area contributed by atoms with Gasteiger partial charge < -0.3 is 10.4 Å². The molecule has 1 amide bonds. The molecule has 5 nitrogen and oxygen atoms in total. The van der Waals surface area contributed by atoms with Gasteiger partial charge in [0.1, 0.15) is 0 Å². The number of carbonyl (C=O) groups is 2. The Labute approximate surface area is 99.9 Å². The Hall–Kier alpha value is -1.91. The SMILES string of the molecule is Cc1cc(C(=O)NCC(C)CC(=O)O)ccn1. The van der Waals surface area contributed by atoms with E-state index < -0.39 is 5.97 Å². The molecule has 0 bridgehead atoms. The molecule has 0 aromatic carbocycles. The second-order valence-corrected chi connectivity index (χ2v) is 4.10. The Bertz CT molecular complexity index is 418. The molecular weight excluding hydrogens is 220 g/mol. The van der Waals surface area contributed by atoms with Crippen molar-refractivity contribution in [3.63, 3.8) is 0 Å². The van der Waals surface area contributed by atoms with Crippen molar-refractivity contribution in [1.82, 2.24) is 10.3 Å². The average molecular weight is 236 g/mol. The first-order valence-corrected chi connectivity index (χ1v) is 5.41. The number of hydrogen-bond acceptors (Lipinski definition) is 3. The highest BCUT2D eigenvalue weighted by Crippen LogP contribution is 2.03. The number of pyridine rings is 1. The summed E-state index contributed by atoms with van der Waals surface area (Å²) in [7, 11) is 0. The van der Waals surface area contributed by atoms with Crippen molar-refractivity contribution in [1.29, 1.82) is 0 Å². The van der Waals surface area contributed by atoms with Crippen LogP contribution in [0, 0.1) is 12.8 Å². The maximum Gasteiger partial charge on any atom is 0.303 e. The zero-order valence-corrected chi connectivity index (χ0v) is 9.93. The Morgan fingerprint density at radius 2 is 2.24 bits per heavy atom. The molecule has 1 atom stereocenters. The second-order valence-electron chi connectivity index (χ2n) is 4.10. The number of hydrogen-bond donors (Lipinski definition) is 2. The second kappa shape index (κ2) is 5.98. The van der Waals surface area contributed by atoms with Crippen LogP contribution in [0.25, 0.3) is 0 Å². The number of aliphatic carboxylic acids is 1. The molecule has 2 N–H and O–H groups in total. The Kier molecular flexibility index (Phi) is 4.63. The number of aryl methyl sites for hydroxylation is 1. The number of carbonyl (C=O) groups excluding carboxylic acids is 1. The molecule has 1 heterocycles. The molecule has 0 aliphatic heterocycles. The number of carboxylic acids is 1. The van der Waals surface area contributed by atoms with Crippen molar-refractivity contribution in [3.8, 4) is 0 Å². The van der Waals surface area contributed by atoms with Crippen molar-refractivity contribution in [3.05, 3.63) is 29.6 Å². The van der Waals surface area contributed by atoms with E-state index in [1.54, 1.807) is 25.3 Å². The molecule has 0 fully saturated rings. The summed E-state index contributed by atoms with van der Waals surface area (Å²) in [6, 6.07) is 3.32. The maximum absolute atomic E-state index is 11.7. The Morgan fingerprint density at radius 1 is 1.53 bits per heavy atom. The third-order valence-electron chi connectivity index (χ3n) is 2.29. The summed E-state index contributed by atoms with van der Waals surface area (Å²) < 4.78 is 0. The van der Waals surface area contributed by atoms with Gasteiger partial charge >= 0.3 is 5.97 Å². The maximum atomic E-state index is 11.7. The molecule has 1 unspecified atom stereocenters. The van der Waals surface area contributed by atoms with Crippen LogP contribution >= 0.6 is 0 Å². The lowest BCUT2D eigenvalue weighted by atomic mass is 10.1. The molecule has 0 saturated carbocycles.